The molecule has 0 radical (unpaired) electrons. The zero-order valence-corrected chi connectivity index (χ0v) is 10.7. The van der Waals surface area contributed by atoms with Crippen LogP contribution < -0.4 is 11.1 Å². The van der Waals surface area contributed by atoms with Crippen molar-refractivity contribution in [1.29, 1.82) is 0 Å². The zero-order chi connectivity index (χ0) is 14.8. The van der Waals surface area contributed by atoms with Gasteiger partial charge in [0.05, 0.1) is 23.1 Å². The van der Waals surface area contributed by atoms with Crippen molar-refractivity contribution in [3.8, 4) is 0 Å². The number of pyridine rings is 1. The summed E-state index contributed by atoms with van der Waals surface area (Å²) in [4.78, 5) is 15.0. The molecule has 1 amide bonds. The van der Waals surface area contributed by atoms with Gasteiger partial charge < -0.3 is 11.1 Å². The van der Waals surface area contributed by atoms with Crippen LogP contribution in [-0.4, -0.2) is 26.6 Å². The molecule has 2 heterocycles. The van der Waals surface area contributed by atoms with Gasteiger partial charge in [0.1, 0.15) is 6.54 Å². The smallest absolute Gasteiger partial charge is 0.264 e. The third-order valence-electron chi connectivity index (χ3n) is 2.44. The molecule has 2 rings (SSSR count). The monoisotopic (exact) mass is 281 g/mol. The Bertz CT molecular complexity index is 620. The molecule has 8 heteroatoms. The van der Waals surface area contributed by atoms with Crippen molar-refractivity contribution in [3.63, 3.8) is 0 Å². The summed E-state index contributed by atoms with van der Waals surface area (Å²) in [5, 5.41) is 6.71. The predicted molar refractivity (Wildman–Crippen MR) is 68.9 cm³/mol. The minimum absolute atomic E-state index is 0.209. The van der Waals surface area contributed by atoms with Gasteiger partial charge in [-0.25, -0.2) is 8.78 Å². The van der Waals surface area contributed by atoms with Gasteiger partial charge in [0.2, 0.25) is 0 Å². The van der Waals surface area contributed by atoms with Crippen LogP contribution in [-0.2, 0) is 6.54 Å². The number of rotatable bonds is 5. The van der Waals surface area contributed by atoms with E-state index in [-0.39, 0.29) is 5.56 Å². The summed E-state index contributed by atoms with van der Waals surface area (Å²) < 4.78 is 26.8. The van der Waals surface area contributed by atoms with E-state index in [1.54, 1.807) is 6.07 Å². The molecular weight excluding hydrogens is 268 g/mol. The van der Waals surface area contributed by atoms with E-state index in [2.05, 4.69) is 15.4 Å². The normalized spacial score (nSPS) is 11.3. The average Bonchev–Trinajstić information content (AvgIpc) is 2.74. The highest BCUT2D eigenvalue weighted by Crippen LogP contribution is 2.20. The number of aromatic nitrogens is 3. The number of amides is 1. The molecule has 0 saturated heterocycles. The fourth-order valence-corrected chi connectivity index (χ4v) is 1.65. The van der Waals surface area contributed by atoms with Gasteiger partial charge >= 0.3 is 0 Å². The Hall–Kier alpha value is -2.51. The van der Waals surface area contributed by atoms with E-state index in [1.165, 1.54) is 24.8 Å². The van der Waals surface area contributed by atoms with Crippen LogP contribution in [0.3, 0.4) is 0 Å². The number of nitrogens with one attached hydrogen (secondary N) is 1. The van der Waals surface area contributed by atoms with Crippen molar-refractivity contribution in [2.45, 2.75) is 19.4 Å². The first kappa shape index (κ1) is 13.9. The van der Waals surface area contributed by atoms with E-state index in [0.717, 1.165) is 11.6 Å². The van der Waals surface area contributed by atoms with Gasteiger partial charge in [-0.2, -0.15) is 5.10 Å². The summed E-state index contributed by atoms with van der Waals surface area (Å²) in [6, 6.07) is 1.56. The first-order chi connectivity index (χ1) is 9.35. The third-order valence-corrected chi connectivity index (χ3v) is 2.44. The number of primary amides is 1. The van der Waals surface area contributed by atoms with Crippen LogP contribution in [0, 0.1) is 0 Å². The SMILES string of the molecule is CC(F)(F)Cn1cc(Nc2ccncc2C(N)=O)cn1. The molecule has 0 fully saturated rings. The Balaban J connectivity index is 2.17. The van der Waals surface area contributed by atoms with Crippen LogP contribution in [0.1, 0.15) is 17.3 Å². The number of anilines is 2. The topological polar surface area (TPSA) is 85.8 Å². The van der Waals surface area contributed by atoms with Crippen molar-refractivity contribution in [1.82, 2.24) is 14.8 Å². The van der Waals surface area contributed by atoms with Gasteiger partial charge in [-0.3, -0.25) is 14.5 Å². The Morgan fingerprint density at radius 1 is 1.50 bits per heavy atom. The fourth-order valence-electron chi connectivity index (χ4n) is 1.65. The standard InChI is InChI=1S/C12H13F2N5O/c1-12(13,14)7-19-6-8(4-17-19)18-10-2-3-16-5-9(10)11(15)20/h2-6H,7H2,1H3,(H2,15,20)(H,16,18). The second kappa shape index (κ2) is 5.24. The van der Waals surface area contributed by atoms with Crippen molar-refractivity contribution in [2.24, 2.45) is 5.73 Å². The Kier molecular flexibility index (Phi) is 3.64. The number of hydrogen-bond donors (Lipinski definition) is 2. The molecule has 106 valence electrons. The lowest BCUT2D eigenvalue weighted by atomic mass is 10.2. The van der Waals surface area contributed by atoms with Gasteiger partial charge in [-0.05, 0) is 6.07 Å². The predicted octanol–water partition coefficient (Wildman–Crippen LogP) is 1.78. The number of halogens is 2. The van der Waals surface area contributed by atoms with Crippen LogP contribution in [0.4, 0.5) is 20.2 Å². The van der Waals surface area contributed by atoms with Crippen LogP contribution in [0.25, 0.3) is 0 Å². The van der Waals surface area contributed by atoms with Crippen molar-refractivity contribution >= 4 is 17.3 Å². The molecule has 2 aromatic rings. The largest absolute Gasteiger partial charge is 0.365 e. The van der Waals surface area contributed by atoms with E-state index < -0.39 is 18.4 Å². The molecule has 6 nitrogen and oxygen atoms in total. The molecule has 0 aliphatic rings. The van der Waals surface area contributed by atoms with E-state index in [0.29, 0.717) is 11.4 Å². The van der Waals surface area contributed by atoms with Crippen molar-refractivity contribution in [2.75, 3.05) is 5.32 Å². The van der Waals surface area contributed by atoms with E-state index in [1.807, 2.05) is 0 Å². The van der Waals surface area contributed by atoms with Crippen LogP contribution >= 0.6 is 0 Å². The molecule has 0 saturated carbocycles. The van der Waals surface area contributed by atoms with E-state index >= 15 is 0 Å². The minimum Gasteiger partial charge on any atom is -0.365 e. The van der Waals surface area contributed by atoms with E-state index in [9.17, 15) is 13.6 Å². The number of carbonyl (C=O) groups excluding carboxylic acids is 1. The van der Waals surface area contributed by atoms with E-state index in [4.69, 9.17) is 5.73 Å². The molecule has 0 atom stereocenters. The summed E-state index contributed by atoms with van der Waals surface area (Å²) >= 11 is 0. The van der Waals surface area contributed by atoms with Crippen LogP contribution in [0.15, 0.2) is 30.9 Å². The summed E-state index contributed by atoms with van der Waals surface area (Å²) in [5.41, 5.74) is 6.34. The maximum Gasteiger partial charge on any atom is 0.264 e. The number of hydrogen-bond acceptors (Lipinski definition) is 4. The number of alkyl halides is 2. The summed E-state index contributed by atoms with van der Waals surface area (Å²) in [6.45, 7) is 0.295. The molecule has 0 unspecified atom stereocenters. The summed E-state index contributed by atoms with van der Waals surface area (Å²) in [5.74, 6) is -3.48. The molecule has 0 aliphatic carbocycles. The highest BCUT2D eigenvalue weighted by molar-refractivity contribution is 5.98. The number of nitrogens with zero attached hydrogens (tertiary/aromatic N) is 3. The lowest BCUT2D eigenvalue weighted by Gasteiger charge is -2.09. The lowest BCUT2D eigenvalue weighted by molar-refractivity contribution is 0.000605. The molecular formula is C12H13F2N5O. The maximum atomic E-state index is 12.9. The highest BCUT2D eigenvalue weighted by atomic mass is 19.3. The maximum absolute atomic E-state index is 12.9. The average molecular weight is 281 g/mol. The molecule has 0 bridgehead atoms. The molecule has 0 aromatic carbocycles. The van der Waals surface area contributed by atoms with Gasteiger partial charge in [-0.1, -0.05) is 0 Å². The molecule has 0 spiro atoms. The first-order valence-corrected chi connectivity index (χ1v) is 5.76. The summed E-state index contributed by atoms with van der Waals surface area (Å²) in [6.07, 6.45) is 5.62. The molecule has 3 N–H and O–H groups in total. The zero-order valence-electron chi connectivity index (χ0n) is 10.7. The van der Waals surface area contributed by atoms with Crippen molar-refractivity contribution in [3.05, 3.63) is 36.4 Å². The molecule has 2 aromatic heterocycles. The van der Waals surface area contributed by atoms with Gasteiger partial charge in [0, 0.05) is 25.5 Å². The number of nitrogens with two attached hydrogens (primary N) is 1. The van der Waals surface area contributed by atoms with Crippen LogP contribution in [0.5, 0.6) is 0 Å². The minimum atomic E-state index is -2.85. The second-order valence-electron chi connectivity index (χ2n) is 4.41. The molecule has 0 aliphatic heterocycles. The number of carbonyl (C=O) groups is 1. The van der Waals surface area contributed by atoms with Gasteiger partial charge in [0.25, 0.3) is 11.8 Å². The second-order valence-corrected chi connectivity index (χ2v) is 4.41. The van der Waals surface area contributed by atoms with Gasteiger partial charge in [-0.15, -0.1) is 0 Å². The first-order valence-electron chi connectivity index (χ1n) is 5.76. The Morgan fingerprint density at radius 2 is 2.25 bits per heavy atom. The molecule has 20 heavy (non-hydrogen) atoms. The third kappa shape index (κ3) is 3.50. The fraction of sp³-hybridized carbons (Fsp3) is 0.250. The van der Waals surface area contributed by atoms with Crippen LogP contribution in [0.2, 0.25) is 0 Å². The van der Waals surface area contributed by atoms with Gasteiger partial charge in [0.15, 0.2) is 0 Å². The summed E-state index contributed by atoms with van der Waals surface area (Å²) in [7, 11) is 0. The Labute approximate surface area is 113 Å². The van der Waals surface area contributed by atoms with Crippen molar-refractivity contribution < 1.29 is 13.6 Å². The highest BCUT2D eigenvalue weighted by Gasteiger charge is 2.22. The quantitative estimate of drug-likeness (QED) is 0.874. The Morgan fingerprint density at radius 3 is 2.90 bits per heavy atom. The lowest BCUT2D eigenvalue weighted by Crippen LogP contribution is -2.19.